The first-order valence-corrected chi connectivity index (χ1v) is 4.23. The van der Waals surface area contributed by atoms with E-state index in [1.165, 1.54) is 0 Å². The molecule has 0 aliphatic rings. The van der Waals surface area contributed by atoms with Gasteiger partial charge in [0.2, 0.25) is 0 Å². The predicted octanol–water partition coefficient (Wildman–Crippen LogP) is -1.39. The van der Waals surface area contributed by atoms with Gasteiger partial charge in [0.05, 0.1) is 0 Å². The van der Waals surface area contributed by atoms with Gasteiger partial charge in [0.1, 0.15) is 0 Å². The summed E-state index contributed by atoms with van der Waals surface area (Å²) in [6.07, 6.45) is 2.11. The maximum Gasteiger partial charge on any atom is 2.00 e. The van der Waals surface area contributed by atoms with Crippen molar-refractivity contribution in [1.82, 2.24) is 5.32 Å². The first-order chi connectivity index (χ1) is 5.50. The van der Waals surface area contributed by atoms with Crippen molar-refractivity contribution in [3.8, 4) is 0 Å². The maximum absolute atomic E-state index is 10.0. The molecule has 0 spiro atoms. The number of hydrogen-bond donors (Lipinski definition) is 2. The van der Waals surface area contributed by atoms with Crippen LogP contribution >= 0.6 is 24.4 Å². The minimum absolute atomic E-state index is 0. The Morgan fingerprint density at radius 1 is 1.38 bits per heavy atom. The third kappa shape index (κ3) is 48.0. The molecule has 0 aliphatic heterocycles. The van der Waals surface area contributed by atoms with Crippen molar-refractivity contribution in [2.75, 3.05) is 6.54 Å². The minimum atomic E-state index is -0.750. The van der Waals surface area contributed by atoms with Gasteiger partial charge in [0, 0.05) is 16.9 Å². The van der Waals surface area contributed by atoms with Crippen LogP contribution in [0.15, 0.2) is 0 Å². The van der Waals surface area contributed by atoms with E-state index in [0.29, 0.717) is 0 Å². The third-order valence-corrected chi connectivity index (χ3v) is 0.944. The molecule has 0 bridgehead atoms. The Morgan fingerprint density at radius 2 is 1.77 bits per heavy atom. The fraction of sp³-hybridized carbons (Fsp3) is 0.667. The van der Waals surface area contributed by atoms with E-state index in [-0.39, 0.29) is 24.7 Å². The first-order valence-electron chi connectivity index (χ1n) is 3.42. The molecule has 0 aliphatic carbocycles. The Balaban J connectivity index is -0.000000173. The molecule has 72 valence electrons. The number of hydrogen-bond acceptors (Lipinski definition) is 4. The van der Waals surface area contributed by atoms with Crippen molar-refractivity contribution < 1.29 is 29.7 Å². The smallest absolute Gasteiger partial charge is 0.852 e. The van der Waals surface area contributed by atoms with E-state index in [9.17, 15) is 5.11 Å². The summed E-state index contributed by atoms with van der Waals surface area (Å²) in [6.45, 7) is 2.79. The topological polar surface area (TPSA) is 84.2 Å². The van der Waals surface area contributed by atoms with E-state index in [2.05, 4.69) is 42.4 Å². The van der Waals surface area contributed by atoms with Gasteiger partial charge in [-0.1, -0.05) is 37.8 Å². The molecule has 0 heterocycles. The van der Waals surface area contributed by atoms with E-state index < -0.39 is 5.17 Å². The summed E-state index contributed by atoms with van der Waals surface area (Å²) in [5, 5.41) is 20.5. The molecule has 13 heavy (non-hydrogen) atoms. The number of rotatable bonds is 3. The second-order valence-corrected chi connectivity index (χ2v) is 2.66. The van der Waals surface area contributed by atoms with Crippen molar-refractivity contribution in [2.24, 2.45) is 5.73 Å². The Labute approximate surface area is 102 Å². The average molecular weight is 274 g/mol. The normalized spacial score (nSPS) is 7.15. The van der Waals surface area contributed by atoms with Crippen LogP contribution in [0.1, 0.15) is 19.8 Å². The Kier molecular flexibility index (Phi) is 20.9. The number of unbranched alkanes of at least 4 members (excludes halogenated alkanes) is 1. The molecule has 4 nitrogen and oxygen atoms in total. The standard InChI is InChI=1S/C5H11NOS.CH3NOS.Zn/c1-2-3-4-6-5(7)8;2-1(3)4;/h2-4H2,1H3,(H2,6,7,8);(H3,2,3,4);/q;;+2/p-2. The zero-order valence-corrected chi connectivity index (χ0v) is 12.1. The number of nitrogens with one attached hydrogen (secondary N) is 1. The summed E-state index contributed by atoms with van der Waals surface area (Å²) in [4.78, 5) is 0. The summed E-state index contributed by atoms with van der Waals surface area (Å²) >= 11 is 8.00. The summed E-state index contributed by atoms with van der Waals surface area (Å²) in [5.41, 5.74) is 4.29. The van der Waals surface area contributed by atoms with E-state index >= 15 is 0 Å². The minimum Gasteiger partial charge on any atom is -0.852 e. The molecule has 0 saturated heterocycles. The van der Waals surface area contributed by atoms with Crippen molar-refractivity contribution in [3.63, 3.8) is 0 Å². The largest absolute Gasteiger partial charge is 2.00 e. The van der Waals surface area contributed by atoms with Crippen LogP contribution in [0.5, 0.6) is 0 Å². The summed E-state index contributed by atoms with van der Waals surface area (Å²) in [7, 11) is 0. The van der Waals surface area contributed by atoms with Crippen LogP contribution in [-0.4, -0.2) is 16.9 Å². The molecule has 0 aromatic rings. The van der Waals surface area contributed by atoms with E-state index in [0.717, 1.165) is 19.4 Å². The molecule has 0 atom stereocenters. The van der Waals surface area contributed by atoms with Gasteiger partial charge < -0.3 is 21.3 Å². The third-order valence-electron chi connectivity index (χ3n) is 0.800. The Bertz CT molecular complexity index is 143. The van der Waals surface area contributed by atoms with E-state index in [4.69, 9.17) is 5.11 Å². The van der Waals surface area contributed by atoms with Crippen LogP contribution in [0.3, 0.4) is 0 Å². The fourth-order valence-corrected chi connectivity index (χ4v) is 0.469. The molecular weight excluding hydrogens is 262 g/mol. The van der Waals surface area contributed by atoms with Gasteiger partial charge in [0.25, 0.3) is 0 Å². The fourth-order valence-electron chi connectivity index (χ4n) is 0.367. The zero-order chi connectivity index (χ0) is 9.98. The second-order valence-electron chi connectivity index (χ2n) is 1.89. The molecule has 0 aromatic carbocycles. The van der Waals surface area contributed by atoms with Gasteiger partial charge in [-0.25, -0.2) is 0 Å². The van der Waals surface area contributed by atoms with Gasteiger partial charge in [-0.2, -0.15) is 0 Å². The zero-order valence-electron chi connectivity index (χ0n) is 7.54. The van der Waals surface area contributed by atoms with E-state index in [1.807, 2.05) is 0 Å². The molecule has 0 unspecified atom stereocenters. The average Bonchev–Trinajstić information content (AvgIpc) is 1.86. The van der Waals surface area contributed by atoms with E-state index in [1.54, 1.807) is 0 Å². The van der Waals surface area contributed by atoms with Gasteiger partial charge in [0.15, 0.2) is 0 Å². The quantitative estimate of drug-likeness (QED) is 0.374. The van der Waals surface area contributed by atoms with Crippen LogP contribution in [0.2, 0.25) is 0 Å². The van der Waals surface area contributed by atoms with Crippen LogP contribution in [-0.2, 0) is 19.5 Å². The number of nitrogens with two attached hydrogens (primary N) is 1. The molecular formula is C6H12N2O2S2Zn. The van der Waals surface area contributed by atoms with Crippen molar-refractivity contribution in [3.05, 3.63) is 0 Å². The molecule has 3 N–H and O–H groups in total. The van der Waals surface area contributed by atoms with Gasteiger partial charge in [-0.3, -0.25) is 0 Å². The summed E-state index contributed by atoms with van der Waals surface area (Å²) < 4.78 is 0. The van der Waals surface area contributed by atoms with Crippen LogP contribution in [0.4, 0.5) is 0 Å². The molecule has 0 fully saturated rings. The molecule has 7 heteroatoms. The molecule has 0 amide bonds. The Morgan fingerprint density at radius 3 is 2.00 bits per heavy atom. The van der Waals surface area contributed by atoms with Crippen molar-refractivity contribution >= 4 is 34.8 Å². The van der Waals surface area contributed by atoms with Crippen LogP contribution < -0.4 is 21.3 Å². The molecule has 0 rings (SSSR count). The summed E-state index contributed by atoms with van der Waals surface area (Å²) in [6, 6.07) is 0. The molecule has 0 saturated carbocycles. The molecule has 0 aromatic heterocycles. The predicted molar refractivity (Wildman–Crippen MR) is 52.3 cm³/mol. The number of thiocarbonyl (C=S) groups is 2. The van der Waals surface area contributed by atoms with Gasteiger partial charge in [-0.15, -0.1) is 0 Å². The van der Waals surface area contributed by atoms with Gasteiger partial charge in [-0.05, 0) is 6.42 Å². The second kappa shape index (κ2) is 14.5. The molecule has 0 radical (unpaired) electrons. The van der Waals surface area contributed by atoms with Crippen LogP contribution in [0, 0.1) is 0 Å². The maximum atomic E-state index is 10.0. The summed E-state index contributed by atoms with van der Waals surface area (Å²) in [5.74, 6) is 0. The van der Waals surface area contributed by atoms with Crippen molar-refractivity contribution in [1.29, 1.82) is 0 Å². The Hall–Kier alpha value is 0.00338. The van der Waals surface area contributed by atoms with Gasteiger partial charge >= 0.3 is 19.5 Å². The monoisotopic (exact) mass is 272 g/mol. The first kappa shape index (κ1) is 18.7. The van der Waals surface area contributed by atoms with Crippen molar-refractivity contribution in [2.45, 2.75) is 19.8 Å². The van der Waals surface area contributed by atoms with Crippen LogP contribution in [0.25, 0.3) is 0 Å². The SMILES string of the molecule is CCCCNC([O-])=S.NC([O-])=S.[Zn+2].